The van der Waals surface area contributed by atoms with Crippen molar-refractivity contribution in [2.24, 2.45) is 0 Å². The Bertz CT molecular complexity index is 1850. The Morgan fingerprint density at radius 3 is 1.77 bits per heavy atom. The zero-order valence-corrected chi connectivity index (χ0v) is 19.0. The first-order chi connectivity index (χ1) is 17.3. The van der Waals surface area contributed by atoms with Crippen molar-refractivity contribution < 1.29 is 5.02 Å². The Hall–Kier alpha value is -4.14. The highest BCUT2D eigenvalue weighted by atomic mass is 16.2. The summed E-state index contributed by atoms with van der Waals surface area (Å²) in [6.45, 7) is 0. The lowest BCUT2D eigenvalue weighted by atomic mass is 9.68. The minimum absolute atomic E-state index is 0.444. The van der Waals surface area contributed by atoms with Crippen molar-refractivity contribution in [1.29, 1.82) is 0 Å². The SMILES string of the molecule is O[B]c1ccc2c(c1)C1(c3ccccc3-2)c2ccccc2-c2c1c1ccccc1c1ccccc21. The summed E-state index contributed by atoms with van der Waals surface area (Å²) in [5, 5.41) is 15.2. The minimum Gasteiger partial charge on any atom is -0.450 e. The fourth-order valence-corrected chi connectivity index (χ4v) is 6.91. The van der Waals surface area contributed by atoms with Gasteiger partial charge in [0.25, 0.3) is 0 Å². The molecule has 6 aromatic rings. The predicted molar refractivity (Wildman–Crippen MR) is 145 cm³/mol. The van der Waals surface area contributed by atoms with Gasteiger partial charge in [-0.2, -0.15) is 0 Å². The van der Waals surface area contributed by atoms with Gasteiger partial charge in [0.2, 0.25) is 0 Å². The summed E-state index contributed by atoms with van der Waals surface area (Å²) in [6.07, 6.45) is 0. The van der Waals surface area contributed by atoms with Crippen LogP contribution >= 0.6 is 0 Å². The third kappa shape index (κ3) is 2.19. The molecule has 1 N–H and O–H groups in total. The van der Waals surface area contributed by atoms with Crippen LogP contribution < -0.4 is 5.46 Å². The van der Waals surface area contributed by atoms with Crippen LogP contribution in [-0.4, -0.2) is 12.5 Å². The first-order valence-electron chi connectivity index (χ1n) is 12.1. The van der Waals surface area contributed by atoms with Crippen molar-refractivity contribution in [2.45, 2.75) is 5.41 Å². The highest BCUT2D eigenvalue weighted by Crippen LogP contribution is 2.65. The molecule has 0 amide bonds. The third-order valence-corrected chi connectivity index (χ3v) is 8.13. The van der Waals surface area contributed by atoms with Crippen LogP contribution in [0.15, 0.2) is 115 Å². The van der Waals surface area contributed by atoms with Crippen LogP contribution in [-0.2, 0) is 5.41 Å². The van der Waals surface area contributed by atoms with Crippen LogP contribution in [0, 0.1) is 0 Å². The van der Waals surface area contributed by atoms with E-state index in [1.165, 1.54) is 73.5 Å². The van der Waals surface area contributed by atoms with Crippen LogP contribution in [0.3, 0.4) is 0 Å². The standard InChI is InChI=1S/C33H20BO/c35-34-20-17-18-24-23-11-5-7-15-28(23)33(30(24)19-20)29-16-8-6-14-27(29)31-25-12-3-1-9-21(25)22-10-2-4-13-26(22)32(31)33/h1-19,35H. The molecule has 0 saturated heterocycles. The summed E-state index contributed by atoms with van der Waals surface area (Å²) in [5.74, 6) is 0. The second-order valence-electron chi connectivity index (χ2n) is 9.62. The Morgan fingerprint density at radius 2 is 1.03 bits per heavy atom. The Kier molecular flexibility index (Phi) is 3.68. The van der Waals surface area contributed by atoms with Gasteiger partial charge in [0.1, 0.15) is 0 Å². The number of hydrogen-bond acceptors (Lipinski definition) is 1. The van der Waals surface area contributed by atoms with Crippen molar-refractivity contribution in [1.82, 2.24) is 0 Å². The molecule has 6 aromatic carbocycles. The van der Waals surface area contributed by atoms with Crippen LogP contribution in [0.5, 0.6) is 0 Å². The van der Waals surface area contributed by atoms with Gasteiger partial charge in [-0.1, -0.05) is 121 Å². The van der Waals surface area contributed by atoms with E-state index in [4.69, 9.17) is 0 Å². The lowest BCUT2D eigenvalue weighted by Crippen LogP contribution is -2.28. The van der Waals surface area contributed by atoms with Gasteiger partial charge in [0.15, 0.2) is 0 Å². The van der Waals surface area contributed by atoms with Gasteiger partial charge in [-0.15, -0.1) is 0 Å². The zero-order chi connectivity index (χ0) is 23.1. The maximum Gasteiger partial charge on any atom is 0.326 e. The molecule has 0 heterocycles. The Labute approximate surface area is 204 Å². The quantitative estimate of drug-likeness (QED) is 0.225. The van der Waals surface area contributed by atoms with E-state index >= 15 is 0 Å². The summed E-state index contributed by atoms with van der Waals surface area (Å²) < 4.78 is 0. The summed E-state index contributed by atoms with van der Waals surface area (Å²) in [7, 11) is 1.22. The monoisotopic (exact) mass is 443 g/mol. The molecule has 2 heteroatoms. The molecule has 161 valence electrons. The van der Waals surface area contributed by atoms with E-state index in [9.17, 15) is 5.02 Å². The molecule has 1 nitrogen and oxygen atoms in total. The van der Waals surface area contributed by atoms with Gasteiger partial charge in [-0.3, -0.25) is 0 Å². The molecule has 2 aliphatic carbocycles. The van der Waals surface area contributed by atoms with Crippen LogP contribution in [0.4, 0.5) is 0 Å². The molecule has 8 rings (SSSR count). The second-order valence-corrected chi connectivity index (χ2v) is 9.62. The fraction of sp³-hybridized carbons (Fsp3) is 0.0303. The molecule has 1 spiro atoms. The molecular formula is C33H20BO. The fourth-order valence-electron chi connectivity index (χ4n) is 6.91. The van der Waals surface area contributed by atoms with Gasteiger partial charge in [0.05, 0.1) is 5.41 Å². The average Bonchev–Trinajstić information content (AvgIpc) is 3.40. The van der Waals surface area contributed by atoms with Gasteiger partial charge >= 0.3 is 7.48 Å². The normalized spacial score (nSPS) is 16.8. The smallest absolute Gasteiger partial charge is 0.326 e. The van der Waals surface area contributed by atoms with Gasteiger partial charge in [-0.05, 0) is 66.1 Å². The maximum atomic E-state index is 10.00. The van der Waals surface area contributed by atoms with E-state index in [1.54, 1.807) is 0 Å². The molecule has 1 unspecified atom stereocenters. The van der Waals surface area contributed by atoms with E-state index in [0.29, 0.717) is 0 Å². The third-order valence-electron chi connectivity index (χ3n) is 8.13. The summed E-state index contributed by atoms with van der Waals surface area (Å²) >= 11 is 0. The van der Waals surface area contributed by atoms with Crippen molar-refractivity contribution in [2.75, 3.05) is 0 Å². The van der Waals surface area contributed by atoms with E-state index in [2.05, 4.69) is 109 Å². The molecule has 1 radical (unpaired) electrons. The van der Waals surface area contributed by atoms with E-state index in [-0.39, 0.29) is 0 Å². The van der Waals surface area contributed by atoms with Gasteiger partial charge in [0, 0.05) is 0 Å². The summed E-state index contributed by atoms with van der Waals surface area (Å²) in [5.41, 5.74) is 10.8. The lowest BCUT2D eigenvalue weighted by molar-refractivity contribution is 0.615. The van der Waals surface area contributed by atoms with Crippen LogP contribution in [0.2, 0.25) is 0 Å². The van der Waals surface area contributed by atoms with E-state index in [1.807, 2.05) is 6.07 Å². The minimum atomic E-state index is -0.444. The maximum absolute atomic E-state index is 10.00. The van der Waals surface area contributed by atoms with Crippen LogP contribution in [0.25, 0.3) is 43.8 Å². The Balaban J connectivity index is 1.70. The second kappa shape index (κ2) is 6.72. The van der Waals surface area contributed by atoms with E-state index in [0.717, 1.165) is 5.46 Å². The zero-order valence-electron chi connectivity index (χ0n) is 19.0. The molecule has 2 aliphatic rings. The average molecular weight is 443 g/mol. The number of benzene rings is 6. The van der Waals surface area contributed by atoms with Gasteiger partial charge < -0.3 is 5.02 Å². The molecule has 0 aromatic heterocycles. The summed E-state index contributed by atoms with van der Waals surface area (Å²) in [4.78, 5) is 0. The highest BCUT2D eigenvalue weighted by molar-refractivity contribution is 6.45. The first-order valence-corrected chi connectivity index (χ1v) is 12.1. The number of hydrogen-bond donors (Lipinski definition) is 1. The molecular weight excluding hydrogens is 423 g/mol. The number of fused-ring (bicyclic) bond motifs is 15. The molecule has 0 fully saturated rings. The van der Waals surface area contributed by atoms with Crippen molar-refractivity contribution >= 4 is 34.5 Å². The Morgan fingerprint density at radius 1 is 0.486 bits per heavy atom. The first kappa shape index (κ1) is 19.2. The molecule has 35 heavy (non-hydrogen) atoms. The molecule has 0 saturated carbocycles. The van der Waals surface area contributed by atoms with Crippen molar-refractivity contribution in [3.05, 3.63) is 138 Å². The predicted octanol–water partition coefficient (Wildman–Crippen LogP) is 6.57. The van der Waals surface area contributed by atoms with Gasteiger partial charge in [-0.25, -0.2) is 0 Å². The topological polar surface area (TPSA) is 20.2 Å². The number of rotatable bonds is 1. The van der Waals surface area contributed by atoms with Crippen molar-refractivity contribution in [3.8, 4) is 22.3 Å². The molecule has 0 bridgehead atoms. The van der Waals surface area contributed by atoms with Crippen LogP contribution in [0.1, 0.15) is 22.3 Å². The van der Waals surface area contributed by atoms with E-state index < -0.39 is 5.41 Å². The highest BCUT2D eigenvalue weighted by Gasteiger charge is 2.52. The molecule has 0 aliphatic heterocycles. The summed E-state index contributed by atoms with van der Waals surface area (Å²) in [6, 6.07) is 41.8. The van der Waals surface area contributed by atoms with Crippen molar-refractivity contribution in [3.63, 3.8) is 0 Å². The lowest BCUT2D eigenvalue weighted by Gasteiger charge is -2.32. The molecule has 1 atom stereocenters. The largest absolute Gasteiger partial charge is 0.450 e.